The monoisotopic (exact) mass is 420 g/mol. The Bertz CT molecular complexity index is 1020. The molecule has 31 heavy (non-hydrogen) atoms. The highest BCUT2D eigenvalue weighted by molar-refractivity contribution is 5.82. The molecule has 0 aliphatic rings. The maximum atomic E-state index is 12.6. The zero-order valence-corrected chi connectivity index (χ0v) is 17.4. The van der Waals surface area contributed by atoms with Crippen molar-refractivity contribution in [1.82, 2.24) is 0 Å². The van der Waals surface area contributed by atoms with Gasteiger partial charge in [0.2, 0.25) is 0 Å². The smallest absolute Gasteiger partial charge is 0.274 e. The van der Waals surface area contributed by atoms with Crippen molar-refractivity contribution in [3.63, 3.8) is 0 Å². The molecule has 0 saturated carbocycles. The molecule has 0 bridgehead atoms. The number of nitro benzene ring substituents is 1. The Kier molecular flexibility index (Phi) is 7.35. The van der Waals surface area contributed by atoms with E-state index in [-0.39, 0.29) is 18.1 Å². The lowest BCUT2D eigenvalue weighted by Gasteiger charge is -2.27. The summed E-state index contributed by atoms with van der Waals surface area (Å²) in [5.74, 6) is 0.441. The molecular formula is C24H24N2O5. The van der Waals surface area contributed by atoms with Crippen LogP contribution in [0.4, 0.5) is 11.4 Å². The molecule has 160 valence electrons. The number of nitro groups is 1. The molecule has 0 fully saturated rings. The second-order valence-corrected chi connectivity index (χ2v) is 6.99. The van der Waals surface area contributed by atoms with Crippen LogP contribution in [0.2, 0.25) is 0 Å². The van der Waals surface area contributed by atoms with Crippen molar-refractivity contribution in [2.24, 2.45) is 0 Å². The van der Waals surface area contributed by atoms with Gasteiger partial charge in [-0.3, -0.25) is 14.9 Å². The van der Waals surface area contributed by atoms with Gasteiger partial charge >= 0.3 is 0 Å². The van der Waals surface area contributed by atoms with E-state index in [1.807, 2.05) is 30.3 Å². The number of anilines is 1. The van der Waals surface area contributed by atoms with Gasteiger partial charge in [0.25, 0.3) is 5.69 Å². The van der Waals surface area contributed by atoms with Gasteiger partial charge in [0.15, 0.2) is 5.78 Å². The largest absolute Gasteiger partial charge is 0.497 e. The van der Waals surface area contributed by atoms with E-state index in [2.05, 4.69) is 5.32 Å². The number of ether oxygens (including phenoxy) is 2. The Morgan fingerprint density at radius 2 is 1.65 bits per heavy atom. The number of ketones is 1. The molecule has 0 aliphatic carbocycles. The first-order chi connectivity index (χ1) is 15.0. The van der Waals surface area contributed by atoms with Crippen LogP contribution >= 0.6 is 0 Å². The van der Waals surface area contributed by atoms with E-state index in [9.17, 15) is 14.9 Å². The van der Waals surface area contributed by atoms with Crippen LogP contribution in [-0.2, 0) is 16.1 Å². The summed E-state index contributed by atoms with van der Waals surface area (Å²) in [7, 11) is 1.57. The van der Waals surface area contributed by atoms with E-state index in [1.54, 1.807) is 49.6 Å². The fourth-order valence-electron chi connectivity index (χ4n) is 3.31. The third-order valence-corrected chi connectivity index (χ3v) is 4.86. The lowest BCUT2D eigenvalue weighted by molar-refractivity contribution is -0.385. The van der Waals surface area contributed by atoms with Crippen LogP contribution in [0, 0.1) is 10.1 Å². The molecule has 0 unspecified atom stereocenters. The Hall–Kier alpha value is -3.71. The highest BCUT2D eigenvalue weighted by atomic mass is 16.6. The normalized spacial score (nSPS) is 12.6. The number of methoxy groups -OCH3 is 1. The lowest BCUT2D eigenvalue weighted by Crippen LogP contribution is -2.34. The molecule has 7 heteroatoms. The summed E-state index contributed by atoms with van der Waals surface area (Å²) in [5.41, 5.74) is 1.87. The van der Waals surface area contributed by atoms with Crippen LogP contribution in [0.1, 0.15) is 24.1 Å². The van der Waals surface area contributed by atoms with Crippen molar-refractivity contribution in [3.05, 3.63) is 100 Å². The summed E-state index contributed by atoms with van der Waals surface area (Å²) in [4.78, 5) is 23.8. The first-order valence-electron chi connectivity index (χ1n) is 9.79. The molecular weight excluding hydrogens is 396 g/mol. The maximum absolute atomic E-state index is 12.6. The number of hydrogen-bond donors (Lipinski definition) is 1. The Labute approximate surface area is 180 Å². The van der Waals surface area contributed by atoms with Gasteiger partial charge < -0.3 is 14.8 Å². The average Bonchev–Trinajstić information content (AvgIpc) is 2.79. The molecule has 7 nitrogen and oxygen atoms in total. The number of benzene rings is 3. The van der Waals surface area contributed by atoms with Gasteiger partial charge in [-0.05, 0) is 42.8 Å². The number of para-hydroxylation sites is 1. The predicted octanol–water partition coefficient (Wildman–Crippen LogP) is 4.93. The molecule has 3 aromatic carbocycles. The summed E-state index contributed by atoms with van der Waals surface area (Å²) >= 11 is 0. The molecule has 0 aliphatic heterocycles. The van der Waals surface area contributed by atoms with Crippen molar-refractivity contribution in [3.8, 4) is 5.75 Å². The van der Waals surface area contributed by atoms with E-state index in [0.717, 1.165) is 5.56 Å². The molecule has 0 saturated heterocycles. The van der Waals surface area contributed by atoms with E-state index < -0.39 is 17.1 Å². The molecule has 3 aromatic rings. The Balaban J connectivity index is 1.97. The van der Waals surface area contributed by atoms with Crippen molar-refractivity contribution in [2.45, 2.75) is 25.7 Å². The zero-order valence-electron chi connectivity index (χ0n) is 17.4. The highest BCUT2D eigenvalue weighted by Crippen LogP contribution is 2.32. The maximum Gasteiger partial charge on any atom is 0.274 e. The van der Waals surface area contributed by atoms with Crippen LogP contribution in [0.15, 0.2) is 78.9 Å². The third-order valence-electron chi connectivity index (χ3n) is 4.86. The molecule has 0 radical (unpaired) electrons. The van der Waals surface area contributed by atoms with E-state index in [1.165, 1.54) is 13.0 Å². The second kappa shape index (κ2) is 10.4. The fourth-order valence-corrected chi connectivity index (χ4v) is 3.31. The topological polar surface area (TPSA) is 90.7 Å². The van der Waals surface area contributed by atoms with Crippen LogP contribution in [0.25, 0.3) is 0 Å². The van der Waals surface area contributed by atoms with Crippen LogP contribution < -0.4 is 10.1 Å². The summed E-state index contributed by atoms with van der Waals surface area (Å²) in [6, 6.07) is 22.2. The molecule has 2 atom stereocenters. The lowest BCUT2D eigenvalue weighted by atomic mass is 9.96. The van der Waals surface area contributed by atoms with E-state index in [0.29, 0.717) is 17.0 Å². The second-order valence-electron chi connectivity index (χ2n) is 6.99. The van der Waals surface area contributed by atoms with Gasteiger partial charge in [0, 0.05) is 11.8 Å². The first kappa shape index (κ1) is 22.0. The minimum Gasteiger partial charge on any atom is -0.497 e. The van der Waals surface area contributed by atoms with Crippen LogP contribution in [0.3, 0.4) is 0 Å². The number of rotatable bonds is 10. The van der Waals surface area contributed by atoms with Gasteiger partial charge in [-0.15, -0.1) is 0 Å². The van der Waals surface area contributed by atoms with E-state index >= 15 is 0 Å². The summed E-state index contributed by atoms with van der Waals surface area (Å²) < 4.78 is 11.2. The quantitative estimate of drug-likeness (QED) is 0.369. The molecule has 0 spiro atoms. The van der Waals surface area contributed by atoms with Crippen molar-refractivity contribution in [2.75, 3.05) is 12.4 Å². The molecule has 1 N–H and O–H groups in total. The molecule has 3 rings (SSSR count). The van der Waals surface area contributed by atoms with Gasteiger partial charge in [0.05, 0.1) is 30.2 Å². The number of Topliss-reactive ketones (excluding diaryl/α,β-unsaturated/α-hetero) is 1. The van der Waals surface area contributed by atoms with Crippen LogP contribution in [-0.4, -0.2) is 23.9 Å². The Morgan fingerprint density at radius 1 is 1.00 bits per heavy atom. The number of carbonyl (C=O) groups is 1. The minimum absolute atomic E-state index is 0.0805. The van der Waals surface area contributed by atoms with E-state index in [4.69, 9.17) is 9.47 Å². The predicted molar refractivity (Wildman–Crippen MR) is 118 cm³/mol. The van der Waals surface area contributed by atoms with Gasteiger partial charge in [0.1, 0.15) is 11.9 Å². The number of nitrogens with zero attached hydrogens (tertiary/aromatic N) is 1. The van der Waals surface area contributed by atoms with Crippen LogP contribution in [0.5, 0.6) is 5.75 Å². The van der Waals surface area contributed by atoms with Crippen molar-refractivity contribution >= 4 is 17.2 Å². The SMILES string of the molecule is COc1ccc(N[C@H](c2ccccc2[N+](=O)[O-])[C@@H](OCc2ccccc2)C(C)=O)cc1. The number of carbonyl (C=O) groups excluding carboxylic acids is 1. The highest BCUT2D eigenvalue weighted by Gasteiger charge is 2.33. The number of hydrogen-bond acceptors (Lipinski definition) is 6. The van der Waals surface area contributed by atoms with Gasteiger partial charge in [-0.2, -0.15) is 0 Å². The molecule has 0 aromatic heterocycles. The van der Waals surface area contributed by atoms with Gasteiger partial charge in [-0.1, -0.05) is 42.5 Å². The third kappa shape index (κ3) is 5.67. The Morgan fingerprint density at radius 3 is 2.26 bits per heavy atom. The molecule has 0 heterocycles. The first-order valence-corrected chi connectivity index (χ1v) is 9.79. The van der Waals surface area contributed by atoms with Crippen molar-refractivity contribution in [1.29, 1.82) is 0 Å². The summed E-state index contributed by atoms with van der Waals surface area (Å²) in [5, 5.41) is 14.9. The standard InChI is InChI=1S/C24H24N2O5/c1-17(27)24(31-16-18-8-4-3-5-9-18)23(21-10-6-7-11-22(21)26(28)29)25-19-12-14-20(30-2)15-13-19/h3-15,23-25H,16H2,1-2H3/t23-,24+/m1/s1. The average molecular weight is 420 g/mol. The molecule has 0 amide bonds. The van der Waals surface area contributed by atoms with Crippen molar-refractivity contribution < 1.29 is 19.2 Å². The summed E-state index contributed by atoms with van der Waals surface area (Å²) in [6.07, 6.45) is -0.941. The van der Waals surface area contributed by atoms with Gasteiger partial charge in [-0.25, -0.2) is 0 Å². The summed E-state index contributed by atoms with van der Waals surface area (Å²) in [6.45, 7) is 1.62. The number of nitrogens with one attached hydrogen (secondary N) is 1. The minimum atomic E-state index is -0.941. The fraction of sp³-hybridized carbons (Fsp3) is 0.208. The zero-order chi connectivity index (χ0) is 22.2.